The number of ether oxygens (including phenoxy) is 1. The molecule has 1 aromatic carbocycles. The van der Waals surface area contributed by atoms with Crippen molar-refractivity contribution in [3.8, 4) is 5.75 Å². The summed E-state index contributed by atoms with van der Waals surface area (Å²) < 4.78 is 5.44. The average Bonchev–Trinajstić information content (AvgIpc) is 3.23. The second-order valence-corrected chi connectivity index (χ2v) is 8.26. The molecule has 0 aliphatic carbocycles. The third-order valence-corrected chi connectivity index (χ3v) is 6.17. The van der Waals surface area contributed by atoms with Gasteiger partial charge in [0.05, 0.1) is 19.0 Å². The summed E-state index contributed by atoms with van der Waals surface area (Å²) in [6.45, 7) is 3.43. The molecule has 156 valence electrons. The highest BCUT2D eigenvalue weighted by Gasteiger charge is 2.21. The van der Waals surface area contributed by atoms with Gasteiger partial charge in [-0.15, -0.1) is 11.3 Å². The van der Waals surface area contributed by atoms with E-state index in [1.165, 1.54) is 10.4 Å². The van der Waals surface area contributed by atoms with E-state index < -0.39 is 0 Å². The van der Waals surface area contributed by atoms with Crippen LogP contribution in [0.1, 0.15) is 23.8 Å². The third-order valence-electron chi connectivity index (χ3n) is 4.88. The predicted molar refractivity (Wildman–Crippen MR) is 121 cm³/mol. The van der Waals surface area contributed by atoms with Crippen molar-refractivity contribution in [2.45, 2.75) is 26.3 Å². The van der Waals surface area contributed by atoms with E-state index in [2.05, 4.69) is 36.9 Å². The maximum Gasteiger partial charge on any atom is 0.229 e. The molecule has 3 heterocycles. The lowest BCUT2D eigenvalue weighted by atomic mass is 10.1. The van der Waals surface area contributed by atoms with E-state index >= 15 is 0 Å². The Kier molecular flexibility index (Phi) is 6.06. The zero-order valence-electron chi connectivity index (χ0n) is 16.7. The van der Waals surface area contributed by atoms with Gasteiger partial charge >= 0.3 is 0 Å². The van der Waals surface area contributed by atoms with Gasteiger partial charge in [0, 0.05) is 30.1 Å². The monoisotopic (exact) mass is 443 g/mol. The number of hydrogen-bond donors (Lipinski definition) is 2. The quantitative estimate of drug-likeness (QED) is 0.566. The zero-order chi connectivity index (χ0) is 21.1. The molecule has 3 aromatic rings. The average molecular weight is 444 g/mol. The SMILES string of the molecule is CCC(=O)Nc1ccc(OC)c(Nc2ncc(Cl)c(N3CCc4sccc4C3)n2)c1. The molecule has 0 atom stereocenters. The first kappa shape index (κ1) is 20.4. The zero-order valence-corrected chi connectivity index (χ0v) is 18.3. The summed E-state index contributed by atoms with van der Waals surface area (Å²) in [7, 11) is 1.59. The number of benzene rings is 1. The van der Waals surface area contributed by atoms with Crippen LogP contribution in [0.4, 0.5) is 23.1 Å². The molecule has 2 N–H and O–H groups in total. The first-order chi connectivity index (χ1) is 14.6. The molecule has 30 heavy (non-hydrogen) atoms. The van der Waals surface area contributed by atoms with Crippen LogP contribution >= 0.6 is 22.9 Å². The molecule has 1 aliphatic heterocycles. The van der Waals surface area contributed by atoms with Crippen LogP contribution in [-0.4, -0.2) is 29.5 Å². The molecule has 0 saturated heterocycles. The normalized spacial score (nSPS) is 13.0. The molecular formula is C21H22ClN5O2S. The van der Waals surface area contributed by atoms with Crippen molar-refractivity contribution in [2.75, 3.05) is 29.2 Å². The number of fused-ring (bicyclic) bond motifs is 1. The first-order valence-corrected chi connectivity index (χ1v) is 10.9. The Hall–Kier alpha value is -2.84. The first-order valence-electron chi connectivity index (χ1n) is 9.65. The molecule has 0 unspecified atom stereocenters. The number of hydrogen-bond acceptors (Lipinski definition) is 7. The van der Waals surface area contributed by atoms with Crippen LogP contribution in [0.15, 0.2) is 35.8 Å². The Morgan fingerprint density at radius 2 is 2.23 bits per heavy atom. The molecule has 4 rings (SSSR count). The van der Waals surface area contributed by atoms with E-state index in [4.69, 9.17) is 16.3 Å². The smallest absolute Gasteiger partial charge is 0.229 e. The van der Waals surface area contributed by atoms with Crippen molar-refractivity contribution in [3.05, 3.63) is 51.3 Å². The van der Waals surface area contributed by atoms with Crippen molar-refractivity contribution in [3.63, 3.8) is 0 Å². The lowest BCUT2D eigenvalue weighted by molar-refractivity contribution is -0.115. The summed E-state index contributed by atoms with van der Waals surface area (Å²) >= 11 is 8.22. The van der Waals surface area contributed by atoms with Crippen LogP contribution < -0.4 is 20.3 Å². The minimum Gasteiger partial charge on any atom is -0.495 e. The van der Waals surface area contributed by atoms with E-state index in [1.807, 2.05) is 0 Å². The Labute approximate surface area is 184 Å². The van der Waals surface area contributed by atoms with Gasteiger partial charge in [0.25, 0.3) is 0 Å². The van der Waals surface area contributed by atoms with Gasteiger partial charge in [0.2, 0.25) is 11.9 Å². The van der Waals surface area contributed by atoms with Crippen LogP contribution in [0.3, 0.4) is 0 Å². The maximum absolute atomic E-state index is 11.7. The number of nitrogens with zero attached hydrogens (tertiary/aromatic N) is 3. The number of carbonyl (C=O) groups is 1. The minimum atomic E-state index is -0.0611. The number of carbonyl (C=O) groups excluding carboxylic acids is 1. The minimum absolute atomic E-state index is 0.0611. The maximum atomic E-state index is 11.7. The molecule has 0 radical (unpaired) electrons. The van der Waals surface area contributed by atoms with Crippen LogP contribution in [0.2, 0.25) is 5.02 Å². The van der Waals surface area contributed by atoms with Gasteiger partial charge in [-0.3, -0.25) is 4.79 Å². The van der Waals surface area contributed by atoms with E-state index in [-0.39, 0.29) is 5.91 Å². The van der Waals surface area contributed by atoms with Crippen molar-refractivity contribution in [1.82, 2.24) is 9.97 Å². The third kappa shape index (κ3) is 4.34. The fraction of sp³-hybridized carbons (Fsp3) is 0.286. The molecule has 0 spiro atoms. The number of amides is 1. The van der Waals surface area contributed by atoms with E-state index in [1.54, 1.807) is 49.8 Å². The summed E-state index contributed by atoms with van der Waals surface area (Å²) in [6.07, 6.45) is 2.98. The van der Waals surface area contributed by atoms with Gasteiger partial charge in [0.15, 0.2) is 5.82 Å². The second-order valence-electron chi connectivity index (χ2n) is 6.85. The van der Waals surface area contributed by atoms with Gasteiger partial charge in [-0.2, -0.15) is 4.98 Å². The van der Waals surface area contributed by atoms with E-state index in [0.29, 0.717) is 40.3 Å². The number of halogens is 1. The second kappa shape index (κ2) is 8.89. The summed E-state index contributed by atoms with van der Waals surface area (Å²) in [6, 6.07) is 7.52. The highest BCUT2D eigenvalue weighted by Crippen LogP contribution is 2.33. The molecule has 0 saturated carbocycles. The fourth-order valence-corrected chi connectivity index (χ4v) is 4.42. The number of thiophene rings is 1. The van der Waals surface area contributed by atoms with Crippen LogP contribution in [0.5, 0.6) is 5.75 Å². The van der Waals surface area contributed by atoms with Crippen molar-refractivity contribution in [1.29, 1.82) is 0 Å². The summed E-state index contributed by atoms with van der Waals surface area (Å²) in [5, 5.41) is 8.67. The molecule has 1 amide bonds. The van der Waals surface area contributed by atoms with Crippen molar-refractivity contribution in [2.24, 2.45) is 0 Å². The summed E-state index contributed by atoms with van der Waals surface area (Å²) in [4.78, 5) is 24.3. The Bertz CT molecular complexity index is 1070. The van der Waals surface area contributed by atoms with Crippen LogP contribution in [-0.2, 0) is 17.8 Å². The molecule has 0 fully saturated rings. The molecular weight excluding hydrogens is 422 g/mol. The molecule has 2 aromatic heterocycles. The van der Waals surface area contributed by atoms with Crippen LogP contribution in [0, 0.1) is 0 Å². The number of aromatic nitrogens is 2. The van der Waals surface area contributed by atoms with Crippen LogP contribution in [0.25, 0.3) is 0 Å². The number of anilines is 4. The summed E-state index contributed by atoms with van der Waals surface area (Å²) in [5.41, 5.74) is 2.63. The standard InChI is InChI=1S/C21H22ClN5O2S/c1-3-19(28)24-14-4-5-17(29-2)16(10-14)25-21-23-11-15(22)20(26-21)27-8-6-18-13(12-27)7-9-30-18/h4-5,7,9-11H,3,6,8,12H2,1-2H3,(H,24,28)(H,23,25,26). The molecule has 9 heteroatoms. The number of nitrogens with one attached hydrogen (secondary N) is 2. The van der Waals surface area contributed by atoms with Gasteiger partial charge in [-0.1, -0.05) is 18.5 Å². The molecule has 1 aliphatic rings. The highest BCUT2D eigenvalue weighted by atomic mass is 35.5. The lowest BCUT2D eigenvalue weighted by Crippen LogP contribution is -2.30. The van der Waals surface area contributed by atoms with Crippen molar-refractivity contribution >= 4 is 52.0 Å². The van der Waals surface area contributed by atoms with E-state index in [0.717, 1.165) is 19.5 Å². The van der Waals surface area contributed by atoms with E-state index in [9.17, 15) is 4.79 Å². The van der Waals surface area contributed by atoms with Gasteiger partial charge in [-0.25, -0.2) is 4.98 Å². The number of methoxy groups -OCH3 is 1. The van der Waals surface area contributed by atoms with Gasteiger partial charge < -0.3 is 20.3 Å². The lowest BCUT2D eigenvalue weighted by Gasteiger charge is -2.28. The summed E-state index contributed by atoms with van der Waals surface area (Å²) in [5.74, 6) is 1.66. The Balaban J connectivity index is 1.59. The largest absolute Gasteiger partial charge is 0.495 e. The van der Waals surface area contributed by atoms with Gasteiger partial charge in [0.1, 0.15) is 10.8 Å². The highest BCUT2D eigenvalue weighted by molar-refractivity contribution is 7.10. The topological polar surface area (TPSA) is 79.4 Å². The number of rotatable bonds is 6. The van der Waals surface area contributed by atoms with Gasteiger partial charge in [-0.05, 0) is 41.6 Å². The Morgan fingerprint density at radius 1 is 1.37 bits per heavy atom. The van der Waals surface area contributed by atoms with Crippen molar-refractivity contribution < 1.29 is 9.53 Å². The molecule has 7 nitrogen and oxygen atoms in total. The Morgan fingerprint density at radius 3 is 3.03 bits per heavy atom. The molecule has 0 bridgehead atoms. The predicted octanol–water partition coefficient (Wildman–Crippen LogP) is 4.85. The fourth-order valence-electron chi connectivity index (χ4n) is 3.32.